The van der Waals surface area contributed by atoms with Gasteiger partial charge in [-0.25, -0.2) is 0 Å². The monoisotopic (exact) mass is 238 g/mol. The van der Waals surface area contributed by atoms with Crippen LogP contribution in [0.15, 0.2) is 11.1 Å². The van der Waals surface area contributed by atoms with Gasteiger partial charge in [-0.15, -0.1) is 0 Å². The Hall–Kier alpha value is -0.890. The number of nitrogens with zero attached hydrogens (tertiary/aromatic N) is 2. The van der Waals surface area contributed by atoms with Gasteiger partial charge in [0.25, 0.3) is 0 Å². The second-order valence-corrected chi connectivity index (χ2v) is 5.43. The average molecular weight is 238 g/mol. The molecule has 0 amide bonds. The predicted octanol–water partition coefficient (Wildman–Crippen LogP) is 2.01. The lowest BCUT2D eigenvalue weighted by Crippen LogP contribution is -2.44. The molecule has 1 atom stereocenters. The average Bonchev–Trinajstić information content (AvgIpc) is 2.26. The Kier molecular flexibility index (Phi) is 4.70. The molecule has 1 heterocycles. The number of aliphatic hydroxyl groups excluding tert-OH is 1. The Labute approximate surface area is 103 Å². The van der Waals surface area contributed by atoms with Crippen molar-refractivity contribution in [2.24, 2.45) is 0 Å². The Balaban J connectivity index is 2.50. The van der Waals surface area contributed by atoms with Crippen LogP contribution in [0.4, 0.5) is 0 Å². The van der Waals surface area contributed by atoms with Gasteiger partial charge < -0.3 is 9.84 Å². The van der Waals surface area contributed by atoms with Crippen molar-refractivity contribution in [2.45, 2.75) is 52.6 Å². The lowest BCUT2D eigenvalue weighted by Gasteiger charge is -2.35. The summed E-state index contributed by atoms with van der Waals surface area (Å²) >= 11 is 0. The Morgan fingerprint density at radius 1 is 1.41 bits per heavy atom. The molecule has 17 heavy (non-hydrogen) atoms. The molecule has 0 spiro atoms. The molecule has 0 saturated carbocycles. The highest BCUT2D eigenvalue weighted by molar-refractivity contribution is 5.26. The first kappa shape index (κ1) is 14.2. The van der Waals surface area contributed by atoms with E-state index >= 15 is 0 Å². The van der Waals surface area contributed by atoms with Gasteiger partial charge in [-0.3, -0.25) is 4.90 Å². The van der Waals surface area contributed by atoms with Crippen LogP contribution in [-0.2, 0) is 4.74 Å². The molecule has 0 bridgehead atoms. The SMILES string of the molecule is CC(C#N)=C1CCN(C(O)OC(C)(C)C)CC1. The first-order chi connectivity index (χ1) is 7.83. The van der Waals surface area contributed by atoms with E-state index in [9.17, 15) is 5.11 Å². The molecular weight excluding hydrogens is 216 g/mol. The Morgan fingerprint density at radius 2 is 1.94 bits per heavy atom. The van der Waals surface area contributed by atoms with Gasteiger partial charge in [-0.1, -0.05) is 5.57 Å². The lowest BCUT2D eigenvalue weighted by molar-refractivity contribution is -0.240. The van der Waals surface area contributed by atoms with Crippen LogP contribution >= 0.6 is 0 Å². The zero-order valence-electron chi connectivity index (χ0n) is 11.2. The Bertz CT molecular complexity index is 326. The smallest absolute Gasteiger partial charge is 0.216 e. The summed E-state index contributed by atoms with van der Waals surface area (Å²) in [5.74, 6) is 0. The van der Waals surface area contributed by atoms with E-state index in [2.05, 4.69) is 6.07 Å². The molecule has 4 nitrogen and oxygen atoms in total. The van der Waals surface area contributed by atoms with Crippen molar-refractivity contribution in [2.75, 3.05) is 13.1 Å². The molecule has 1 fully saturated rings. The largest absolute Gasteiger partial charge is 0.356 e. The predicted molar refractivity (Wildman–Crippen MR) is 66.0 cm³/mol. The van der Waals surface area contributed by atoms with Gasteiger partial charge >= 0.3 is 0 Å². The lowest BCUT2D eigenvalue weighted by atomic mass is 10.00. The van der Waals surface area contributed by atoms with Gasteiger partial charge in [0.1, 0.15) is 0 Å². The molecule has 4 heteroatoms. The van der Waals surface area contributed by atoms with Crippen LogP contribution in [0.1, 0.15) is 40.5 Å². The third-order valence-electron chi connectivity index (χ3n) is 2.87. The topological polar surface area (TPSA) is 56.5 Å². The minimum absolute atomic E-state index is 0.349. The van der Waals surface area contributed by atoms with Crippen LogP contribution in [0.5, 0.6) is 0 Å². The van der Waals surface area contributed by atoms with Crippen LogP contribution < -0.4 is 0 Å². The molecule has 1 aliphatic rings. The minimum Gasteiger partial charge on any atom is -0.356 e. The fraction of sp³-hybridized carbons (Fsp3) is 0.769. The fourth-order valence-electron chi connectivity index (χ4n) is 1.86. The van der Waals surface area contributed by atoms with Crippen LogP contribution in [-0.4, -0.2) is 35.1 Å². The van der Waals surface area contributed by atoms with Gasteiger partial charge in [-0.05, 0) is 40.5 Å². The number of ether oxygens (including phenoxy) is 1. The van der Waals surface area contributed by atoms with E-state index in [0.29, 0.717) is 0 Å². The first-order valence-corrected chi connectivity index (χ1v) is 6.02. The highest BCUT2D eigenvalue weighted by atomic mass is 16.6. The Morgan fingerprint density at radius 3 is 2.35 bits per heavy atom. The first-order valence-electron chi connectivity index (χ1n) is 6.02. The maximum absolute atomic E-state index is 9.91. The zero-order valence-corrected chi connectivity index (χ0v) is 11.2. The molecule has 1 unspecified atom stereocenters. The summed E-state index contributed by atoms with van der Waals surface area (Å²) in [6.45, 7) is 9.10. The van der Waals surface area contributed by atoms with E-state index in [4.69, 9.17) is 10.00 Å². The summed E-state index contributed by atoms with van der Waals surface area (Å²) in [7, 11) is 0. The van der Waals surface area contributed by atoms with E-state index in [0.717, 1.165) is 31.5 Å². The van der Waals surface area contributed by atoms with Gasteiger partial charge in [-0.2, -0.15) is 5.26 Å². The second kappa shape index (κ2) is 5.63. The molecule has 1 rings (SSSR count). The number of piperidine rings is 1. The molecule has 0 aromatic rings. The number of hydrogen-bond donors (Lipinski definition) is 1. The molecule has 0 radical (unpaired) electrons. The highest BCUT2D eigenvalue weighted by Gasteiger charge is 2.25. The number of rotatable bonds is 2. The maximum Gasteiger partial charge on any atom is 0.216 e. The number of aliphatic hydroxyl groups is 1. The van der Waals surface area contributed by atoms with E-state index < -0.39 is 6.41 Å². The minimum atomic E-state index is -0.848. The second-order valence-electron chi connectivity index (χ2n) is 5.43. The van der Waals surface area contributed by atoms with E-state index in [1.165, 1.54) is 5.57 Å². The van der Waals surface area contributed by atoms with E-state index in [1.54, 1.807) is 0 Å². The highest BCUT2D eigenvalue weighted by Crippen LogP contribution is 2.22. The molecule has 0 aliphatic carbocycles. The van der Waals surface area contributed by atoms with E-state index in [-0.39, 0.29) is 5.60 Å². The summed E-state index contributed by atoms with van der Waals surface area (Å²) in [5.41, 5.74) is 1.67. The van der Waals surface area contributed by atoms with Crippen molar-refractivity contribution >= 4 is 0 Å². The van der Waals surface area contributed by atoms with Crippen molar-refractivity contribution in [1.29, 1.82) is 5.26 Å². The van der Waals surface area contributed by atoms with Crippen LogP contribution in [0, 0.1) is 11.3 Å². The normalized spacial score (nSPS) is 19.9. The molecule has 1 aliphatic heterocycles. The summed E-state index contributed by atoms with van der Waals surface area (Å²) < 4.78 is 5.50. The summed E-state index contributed by atoms with van der Waals surface area (Å²) in [5, 5.41) is 18.7. The van der Waals surface area contributed by atoms with Crippen LogP contribution in [0.25, 0.3) is 0 Å². The van der Waals surface area contributed by atoms with E-state index in [1.807, 2.05) is 32.6 Å². The summed E-state index contributed by atoms with van der Waals surface area (Å²) in [6.07, 6.45) is 0.826. The molecule has 0 aromatic carbocycles. The summed E-state index contributed by atoms with van der Waals surface area (Å²) in [4.78, 5) is 1.90. The quantitative estimate of drug-likeness (QED) is 0.590. The molecular formula is C13H22N2O2. The molecule has 0 aromatic heterocycles. The van der Waals surface area contributed by atoms with Crippen molar-refractivity contribution in [3.8, 4) is 6.07 Å². The third-order valence-corrected chi connectivity index (χ3v) is 2.87. The number of allylic oxidation sites excluding steroid dienone is 1. The summed E-state index contributed by atoms with van der Waals surface area (Å²) in [6, 6.07) is 2.18. The van der Waals surface area contributed by atoms with Gasteiger partial charge in [0.05, 0.1) is 11.7 Å². The third kappa shape index (κ3) is 4.47. The molecule has 96 valence electrons. The zero-order chi connectivity index (χ0) is 13.1. The van der Waals surface area contributed by atoms with Crippen LogP contribution in [0.2, 0.25) is 0 Å². The molecule has 1 N–H and O–H groups in total. The van der Waals surface area contributed by atoms with Crippen molar-refractivity contribution < 1.29 is 9.84 Å². The fourth-order valence-corrected chi connectivity index (χ4v) is 1.86. The van der Waals surface area contributed by atoms with Gasteiger partial charge in [0, 0.05) is 18.7 Å². The standard InChI is InChI=1S/C13H22N2O2/c1-10(9-14)11-5-7-15(8-6-11)12(16)17-13(2,3)4/h12,16H,5-8H2,1-4H3. The maximum atomic E-state index is 9.91. The van der Waals surface area contributed by atoms with Crippen LogP contribution in [0.3, 0.4) is 0 Å². The van der Waals surface area contributed by atoms with Crippen molar-refractivity contribution in [3.05, 3.63) is 11.1 Å². The number of hydrogen-bond acceptors (Lipinski definition) is 4. The molecule has 1 saturated heterocycles. The number of likely N-dealkylation sites (tertiary alicyclic amines) is 1. The van der Waals surface area contributed by atoms with Crippen molar-refractivity contribution in [3.63, 3.8) is 0 Å². The number of nitriles is 1. The van der Waals surface area contributed by atoms with Gasteiger partial charge in [0.15, 0.2) is 0 Å². The van der Waals surface area contributed by atoms with Crippen molar-refractivity contribution in [1.82, 2.24) is 4.90 Å². The van der Waals surface area contributed by atoms with Gasteiger partial charge in [0.2, 0.25) is 6.41 Å².